The van der Waals surface area contributed by atoms with Gasteiger partial charge in [-0.1, -0.05) is 37.9 Å². The number of rotatable bonds is 4. The largest absolute Gasteiger partial charge is 0.397 e. The maximum atomic E-state index is 11.8. The third-order valence-electron chi connectivity index (χ3n) is 2.61. The molecule has 1 aromatic carbocycles. The van der Waals surface area contributed by atoms with E-state index in [2.05, 4.69) is 19.2 Å². The minimum atomic E-state index is -0.166. The molecule has 0 aliphatic rings. The molecule has 4 heteroatoms. The molecular weight excluding hydrogens is 224 g/mol. The molecule has 0 aliphatic heterocycles. The molecule has 0 saturated heterocycles. The van der Waals surface area contributed by atoms with Crippen LogP contribution in [-0.4, -0.2) is 12.5 Å². The lowest BCUT2D eigenvalue weighted by atomic mass is 10.1. The second-order valence-corrected chi connectivity index (χ2v) is 4.33. The van der Waals surface area contributed by atoms with Gasteiger partial charge in [0.15, 0.2) is 0 Å². The smallest absolute Gasteiger partial charge is 0.253 e. The SMILES string of the molecule is CCC(C)CNC(=O)c1cccc(Cl)c1N. The van der Waals surface area contributed by atoms with Gasteiger partial charge in [0.2, 0.25) is 0 Å². The fourth-order valence-electron chi connectivity index (χ4n) is 1.24. The van der Waals surface area contributed by atoms with Crippen LogP contribution in [0.25, 0.3) is 0 Å². The van der Waals surface area contributed by atoms with Gasteiger partial charge in [-0.05, 0) is 18.1 Å². The summed E-state index contributed by atoms with van der Waals surface area (Å²) in [6.45, 7) is 4.83. The summed E-state index contributed by atoms with van der Waals surface area (Å²) in [5.74, 6) is 0.296. The maximum absolute atomic E-state index is 11.8. The van der Waals surface area contributed by atoms with E-state index < -0.39 is 0 Å². The van der Waals surface area contributed by atoms with E-state index >= 15 is 0 Å². The Morgan fingerprint density at radius 3 is 2.88 bits per heavy atom. The number of para-hydroxylation sites is 1. The van der Waals surface area contributed by atoms with Crippen molar-refractivity contribution in [2.75, 3.05) is 12.3 Å². The molecule has 0 fully saturated rings. The van der Waals surface area contributed by atoms with Crippen molar-refractivity contribution >= 4 is 23.2 Å². The van der Waals surface area contributed by atoms with Crippen LogP contribution in [0.2, 0.25) is 5.02 Å². The molecule has 1 atom stereocenters. The molecule has 1 rings (SSSR count). The third kappa shape index (κ3) is 3.14. The first-order valence-corrected chi connectivity index (χ1v) is 5.76. The van der Waals surface area contributed by atoms with Crippen LogP contribution in [0.5, 0.6) is 0 Å². The number of anilines is 1. The molecule has 0 saturated carbocycles. The monoisotopic (exact) mass is 240 g/mol. The van der Waals surface area contributed by atoms with Crippen molar-refractivity contribution in [1.29, 1.82) is 0 Å². The zero-order valence-corrected chi connectivity index (χ0v) is 10.3. The molecule has 0 bridgehead atoms. The highest BCUT2D eigenvalue weighted by Gasteiger charge is 2.11. The quantitative estimate of drug-likeness (QED) is 0.795. The predicted molar refractivity (Wildman–Crippen MR) is 67.7 cm³/mol. The van der Waals surface area contributed by atoms with Crippen molar-refractivity contribution in [1.82, 2.24) is 5.32 Å². The first-order valence-electron chi connectivity index (χ1n) is 5.38. The van der Waals surface area contributed by atoms with E-state index in [1.54, 1.807) is 18.2 Å². The van der Waals surface area contributed by atoms with Crippen LogP contribution >= 0.6 is 11.6 Å². The Morgan fingerprint density at radius 1 is 1.56 bits per heavy atom. The van der Waals surface area contributed by atoms with Gasteiger partial charge in [0.05, 0.1) is 16.3 Å². The zero-order chi connectivity index (χ0) is 12.1. The Labute approximate surface area is 101 Å². The van der Waals surface area contributed by atoms with E-state index in [4.69, 9.17) is 17.3 Å². The van der Waals surface area contributed by atoms with Gasteiger partial charge < -0.3 is 11.1 Å². The van der Waals surface area contributed by atoms with E-state index in [0.717, 1.165) is 6.42 Å². The van der Waals surface area contributed by atoms with Gasteiger partial charge in [0.1, 0.15) is 0 Å². The van der Waals surface area contributed by atoms with Crippen molar-refractivity contribution in [2.24, 2.45) is 5.92 Å². The summed E-state index contributed by atoms with van der Waals surface area (Å²) in [5, 5.41) is 3.25. The first-order chi connectivity index (χ1) is 7.56. The van der Waals surface area contributed by atoms with E-state index in [-0.39, 0.29) is 5.91 Å². The van der Waals surface area contributed by atoms with E-state index in [1.807, 2.05) is 0 Å². The average Bonchev–Trinajstić information content (AvgIpc) is 2.29. The van der Waals surface area contributed by atoms with E-state index in [1.165, 1.54) is 0 Å². The third-order valence-corrected chi connectivity index (χ3v) is 2.94. The summed E-state index contributed by atoms with van der Waals surface area (Å²) >= 11 is 5.84. The molecule has 1 amide bonds. The second-order valence-electron chi connectivity index (χ2n) is 3.92. The molecule has 1 aromatic rings. The number of nitrogens with one attached hydrogen (secondary N) is 1. The Morgan fingerprint density at radius 2 is 2.25 bits per heavy atom. The molecule has 0 heterocycles. The second kappa shape index (κ2) is 5.75. The summed E-state index contributed by atoms with van der Waals surface area (Å²) in [4.78, 5) is 11.8. The highest BCUT2D eigenvalue weighted by molar-refractivity contribution is 6.33. The van der Waals surface area contributed by atoms with Crippen LogP contribution in [0.1, 0.15) is 30.6 Å². The van der Waals surface area contributed by atoms with Gasteiger partial charge >= 0.3 is 0 Å². The van der Waals surface area contributed by atoms with Crippen molar-refractivity contribution in [3.63, 3.8) is 0 Å². The average molecular weight is 241 g/mol. The Hall–Kier alpha value is -1.22. The van der Waals surface area contributed by atoms with Crippen LogP contribution in [-0.2, 0) is 0 Å². The van der Waals surface area contributed by atoms with Gasteiger partial charge in [0, 0.05) is 6.54 Å². The van der Waals surface area contributed by atoms with Crippen LogP contribution in [0, 0.1) is 5.92 Å². The number of halogens is 1. The number of nitrogens with two attached hydrogens (primary N) is 1. The van der Waals surface area contributed by atoms with Gasteiger partial charge in [-0.25, -0.2) is 0 Å². The van der Waals surface area contributed by atoms with Crippen molar-refractivity contribution < 1.29 is 4.79 Å². The van der Waals surface area contributed by atoms with Crippen molar-refractivity contribution in [3.8, 4) is 0 Å². The van der Waals surface area contributed by atoms with E-state index in [0.29, 0.717) is 28.7 Å². The lowest BCUT2D eigenvalue weighted by molar-refractivity contribution is 0.0948. The molecule has 0 spiro atoms. The summed E-state index contributed by atoms with van der Waals surface area (Å²) in [5.41, 5.74) is 6.51. The molecule has 16 heavy (non-hydrogen) atoms. The Kier molecular flexibility index (Phi) is 4.62. The summed E-state index contributed by atoms with van der Waals surface area (Å²) in [6.07, 6.45) is 1.03. The maximum Gasteiger partial charge on any atom is 0.253 e. The lowest BCUT2D eigenvalue weighted by Crippen LogP contribution is -2.28. The van der Waals surface area contributed by atoms with Gasteiger partial charge in [0.25, 0.3) is 5.91 Å². The Balaban J connectivity index is 2.70. The Bertz CT molecular complexity index is 379. The zero-order valence-electron chi connectivity index (χ0n) is 9.59. The minimum Gasteiger partial charge on any atom is -0.397 e. The number of hydrogen-bond acceptors (Lipinski definition) is 2. The predicted octanol–water partition coefficient (Wildman–Crippen LogP) is 2.70. The van der Waals surface area contributed by atoms with Crippen LogP contribution < -0.4 is 11.1 Å². The van der Waals surface area contributed by atoms with Crippen LogP contribution in [0.3, 0.4) is 0 Å². The number of nitrogen functional groups attached to an aromatic ring is 1. The fourth-order valence-corrected chi connectivity index (χ4v) is 1.42. The highest BCUT2D eigenvalue weighted by Crippen LogP contribution is 2.22. The fraction of sp³-hybridized carbons (Fsp3) is 0.417. The minimum absolute atomic E-state index is 0.166. The topological polar surface area (TPSA) is 55.1 Å². The molecule has 3 N–H and O–H groups in total. The molecule has 3 nitrogen and oxygen atoms in total. The molecule has 0 aliphatic carbocycles. The molecular formula is C12H17ClN2O. The van der Waals surface area contributed by atoms with Gasteiger partial charge in [-0.2, -0.15) is 0 Å². The van der Waals surface area contributed by atoms with E-state index in [9.17, 15) is 4.79 Å². The molecule has 0 radical (unpaired) electrons. The van der Waals surface area contributed by atoms with Crippen molar-refractivity contribution in [2.45, 2.75) is 20.3 Å². The number of carbonyl (C=O) groups is 1. The highest BCUT2D eigenvalue weighted by atomic mass is 35.5. The lowest BCUT2D eigenvalue weighted by Gasteiger charge is -2.11. The van der Waals surface area contributed by atoms with Gasteiger partial charge in [-0.15, -0.1) is 0 Å². The molecule has 0 aromatic heterocycles. The molecule has 1 unspecified atom stereocenters. The molecule has 88 valence electrons. The number of amides is 1. The number of hydrogen-bond donors (Lipinski definition) is 2. The van der Waals surface area contributed by atoms with Crippen molar-refractivity contribution in [3.05, 3.63) is 28.8 Å². The van der Waals surface area contributed by atoms with Crippen LogP contribution in [0.4, 0.5) is 5.69 Å². The van der Waals surface area contributed by atoms with Crippen LogP contribution in [0.15, 0.2) is 18.2 Å². The number of benzene rings is 1. The normalized spacial score (nSPS) is 12.2. The number of carbonyl (C=O) groups excluding carboxylic acids is 1. The summed E-state index contributed by atoms with van der Waals surface area (Å²) < 4.78 is 0. The van der Waals surface area contributed by atoms with Gasteiger partial charge in [-0.3, -0.25) is 4.79 Å². The summed E-state index contributed by atoms with van der Waals surface area (Å²) in [7, 11) is 0. The standard InChI is InChI=1S/C12H17ClN2O/c1-3-8(2)7-15-12(16)9-5-4-6-10(13)11(9)14/h4-6,8H,3,7,14H2,1-2H3,(H,15,16). The first kappa shape index (κ1) is 12.8. The summed E-state index contributed by atoms with van der Waals surface area (Å²) in [6, 6.07) is 5.06.